The fraction of sp³-hybridized carbons (Fsp3) is 0.562. The van der Waals surface area contributed by atoms with Crippen molar-refractivity contribution in [2.45, 2.75) is 26.8 Å². The summed E-state index contributed by atoms with van der Waals surface area (Å²) in [5.74, 6) is 0.475. The van der Waals surface area contributed by atoms with Crippen LogP contribution in [-0.4, -0.2) is 19.0 Å². The third-order valence-corrected chi connectivity index (χ3v) is 4.05. The lowest BCUT2D eigenvalue weighted by Gasteiger charge is -2.25. The lowest BCUT2D eigenvalue weighted by atomic mass is 9.93. The van der Waals surface area contributed by atoms with E-state index in [2.05, 4.69) is 31.4 Å². The quantitative estimate of drug-likeness (QED) is 0.888. The van der Waals surface area contributed by atoms with E-state index in [1.165, 1.54) is 12.1 Å². The maximum atomic E-state index is 13.0. The summed E-state index contributed by atoms with van der Waals surface area (Å²) in [6.45, 7) is 7.84. The summed E-state index contributed by atoms with van der Waals surface area (Å²) in [5.41, 5.74) is 0.952. The molecule has 0 radical (unpaired) electrons. The molecule has 1 aliphatic heterocycles. The van der Waals surface area contributed by atoms with Crippen molar-refractivity contribution in [3.8, 4) is 0 Å². The van der Waals surface area contributed by atoms with Crippen LogP contribution in [-0.2, 0) is 4.79 Å². The second kappa shape index (κ2) is 6.35. The molecule has 3 atom stereocenters. The van der Waals surface area contributed by atoms with Gasteiger partial charge in [0, 0.05) is 6.54 Å². The Morgan fingerprint density at radius 3 is 2.45 bits per heavy atom. The number of hydrogen-bond acceptors (Lipinski definition) is 2. The van der Waals surface area contributed by atoms with E-state index >= 15 is 0 Å². The molecule has 1 fully saturated rings. The molecule has 0 aliphatic carbocycles. The summed E-state index contributed by atoms with van der Waals surface area (Å²) in [6, 6.07) is 6.30. The zero-order valence-electron chi connectivity index (χ0n) is 12.3. The van der Waals surface area contributed by atoms with Gasteiger partial charge in [-0.1, -0.05) is 32.9 Å². The Morgan fingerprint density at radius 2 is 1.95 bits per heavy atom. The van der Waals surface area contributed by atoms with Gasteiger partial charge in [0.05, 0.1) is 12.0 Å². The average Bonchev–Trinajstić information content (AvgIpc) is 2.83. The normalized spacial score (nSPS) is 23.9. The molecule has 0 aromatic heterocycles. The van der Waals surface area contributed by atoms with Gasteiger partial charge in [-0.05, 0) is 36.1 Å². The lowest BCUT2D eigenvalue weighted by molar-refractivity contribution is -0.126. The zero-order chi connectivity index (χ0) is 14.7. The van der Waals surface area contributed by atoms with Crippen LogP contribution in [0.4, 0.5) is 4.39 Å². The van der Waals surface area contributed by atoms with Gasteiger partial charge in [-0.2, -0.15) is 0 Å². The Bertz CT molecular complexity index is 458. The summed E-state index contributed by atoms with van der Waals surface area (Å²) in [5, 5.41) is 6.37. The van der Waals surface area contributed by atoms with Crippen LogP contribution in [0.5, 0.6) is 0 Å². The van der Waals surface area contributed by atoms with Crippen molar-refractivity contribution in [3.05, 3.63) is 35.6 Å². The van der Waals surface area contributed by atoms with Crippen LogP contribution in [0.2, 0.25) is 0 Å². The predicted molar refractivity (Wildman–Crippen MR) is 77.6 cm³/mol. The molecule has 4 heteroatoms. The van der Waals surface area contributed by atoms with E-state index in [0.717, 1.165) is 18.7 Å². The molecule has 2 N–H and O–H groups in total. The van der Waals surface area contributed by atoms with Crippen molar-refractivity contribution in [1.82, 2.24) is 10.6 Å². The zero-order valence-corrected chi connectivity index (χ0v) is 12.3. The fourth-order valence-electron chi connectivity index (χ4n) is 2.73. The molecule has 1 amide bonds. The van der Waals surface area contributed by atoms with Gasteiger partial charge < -0.3 is 10.6 Å². The highest BCUT2D eigenvalue weighted by molar-refractivity contribution is 5.80. The summed E-state index contributed by atoms with van der Waals surface area (Å²) in [6.07, 6.45) is 0. The van der Waals surface area contributed by atoms with Crippen LogP contribution in [0.1, 0.15) is 32.4 Å². The smallest absolute Gasteiger partial charge is 0.225 e. The third kappa shape index (κ3) is 3.37. The monoisotopic (exact) mass is 278 g/mol. The van der Waals surface area contributed by atoms with Gasteiger partial charge >= 0.3 is 0 Å². The van der Waals surface area contributed by atoms with Gasteiger partial charge in [0.2, 0.25) is 5.91 Å². The highest BCUT2D eigenvalue weighted by Crippen LogP contribution is 2.24. The van der Waals surface area contributed by atoms with E-state index in [1.54, 1.807) is 12.1 Å². The molecule has 1 aromatic carbocycles. The SMILES string of the molecule is CC(C)C(NC(=O)[C@@H]1CNC[C@H]1C)c1ccc(F)cc1. The van der Waals surface area contributed by atoms with Gasteiger partial charge in [-0.3, -0.25) is 4.79 Å². The van der Waals surface area contributed by atoms with Crippen LogP contribution < -0.4 is 10.6 Å². The minimum Gasteiger partial charge on any atom is -0.349 e. The van der Waals surface area contributed by atoms with Crippen LogP contribution >= 0.6 is 0 Å². The van der Waals surface area contributed by atoms with Gasteiger partial charge in [0.15, 0.2) is 0 Å². The molecular formula is C16H23FN2O. The van der Waals surface area contributed by atoms with Crippen molar-refractivity contribution < 1.29 is 9.18 Å². The minimum atomic E-state index is -0.254. The first-order chi connectivity index (χ1) is 9.49. The van der Waals surface area contributed by atoms with Gasteiger partial charge in [0.25, 0.3) is 0 Å². The molecule has 1 unspecified atom stereocenters. The van der Waals surface area contributed by atoms with Crippen molar-refractivity contribution >= 4 is 5.91 Å². The summed E-state index contributed by atoms with van der Waals surface area (Å²) >= 11 is 0. The van der Waals surface area contributed by atoms with E-state index in [1.807, 2.05) is 0 Å². The first kappa shape index (κ1) is 15.0. The van der Waals surface area contributed by atoms with E-state index in [9.17, 15) is 9.18 Å². The minimum absolute atomic E-state index is 0.0247. The molecule has 110 valence electrons. The van der Waals surface area contributed by atoms with Gasteiger partial charge in [0.1, 0.15) is 5.82 Å². The first-order valence-corrected chi connectivity index (χ1v) is 7.25. The number of nitrogens with one attached hydrogen (secondary N) is 2. The number of halogens is 1. The Kier molecular flexibility index (Phi) is 4.76. The Balaban J connectivity index is 2.09. The molecule has 20 heavy (non-hydrogen) atoms. The Labute approximate surface area is 120 Å². The number of hydrogen-bond donors (Lipinski definition) is 2. The molecule has 0 spiro atoms. The average molecular weight is 278 g/mol. The number of carbonyl (C=O) groups excluding carboxylic acids is 1. The largest absolute Gasteiger partial charge is 0.349 e. The van der Waals surface area contributed by atoms with Crippen molar-refractivity contribution in [2.75, 3.05) is 13.1 Å². The maximum Gasteiger partial charge on any atom is 0.225 e. The number of carbonyl (C=O) groups is 1. The van der Waals surface area contributed by atoms with Crippen LogP contribution in [0.15, 0.2) is 24.3 Å². The van der Waals surface area contributed by atoms with Gasteiger partial charge in [-0.15, -0.1) is 0 Å². The number of benzene rings is 1. The summed E-state index contributed by atoms with van der Waals surface area (Å²) < 4.78 is 13.0. The summed E-state index contributed by atoms with van der Waals surface area (Å²) in [7, 11) is 0. The second-order valence-electron chi connectivity index (χ2n) is 6.02. The molecule has 1 saturated heterocycles. The molecular weight excluding hydrogens is 255 g/mol. The molecule has 1 aliphatic rings. The van der Waals surface area contributed by atoms with Gasteiger partial charge in [-0.25, -0.2) is 4.39 Å². The van der Waals surface area contributed by atoms with E-state index in [4.69, 9.17) is 0 Å². The van der Waals surface area contributed by atoms with Crippen molar-refractivity contribution in [2.24, 2.45) is 17.8 Å². The molecule has 1 aromatic rings. The molecule has 2 rings (SSSR count). The Hall–Kier alpha value is -1.42. The van der Waals surface area contributed by atoms with E-state index in [-0.39, 0.29) is 29.6 Å². The van der Waals surface area contributed by atoms with Crippen LogP contribution in [0, 0.1) is 23.6 Å². The second-order valence-corrected chi connectivity index (χ2v) is 6.02. The molecule has 0 bridgehead atoms. The van der Waals surface area contributed by atoms with Crippen LogP contribution in [0.25, 0.3) is 0 Å². The predicted octanol–water partition coefficient (Wildman–Crippen LogP) is 2.49. The van der Waals surface area contributed by atoms with Crippen molar-refractivity contribution in [3.63, 3.8) is 0 Å². The van der Waals surface area contributed by atoms with Crippen molar-refractivity contribution in [1.29, 1.82) is 0 Å². The molecule has 0 saturated carbocycles. The molecule has 3 nitrogen and oxygen atoms in total. The van der Waals surface area contributed by atoms with E-state index < -0.39 is 0 Å². The van der Waals surface area contributed by atoms with E-state index in [0.29, 0.717) is 5.92 Å². The van der Waals surface area contributed by atoms with Crippen LogP contribution in [0.3, 0.4) is 0 Å². The lowest BCUT2D eigenvalue weighted by Crippen LogP contribution is -2.38. The maximum absolute atomic E-state index is 13.0. The molecule has 1 heterocycles. The topological polar surface area (TPSA) is 41.1 Å². The Morgan fingerprint density at radius 1 is 1.30 bits per heavy atom. The number of amides is 1. The highest BCUT2D eigenvalue weighted by atomic mass is 19.1. The third-order valence-electron chi connectivity index (χ3n) is 4.05. The number of rotatable bonds is 4. The fourth-order valence-corrected chi connectivity index (χ4v) is 2.73. The highest BCUT2D eigenvalue weighted by Gasteiger charge is 2.31. The first-order valence-electron chi connectivity index (χ1n) is 7.25. The summed E-state index contributed by atoms with van der Waals surface area (Å²) in [4.78, 5) is 12.4. The standard InChI is InChI=1S/C16H23FN2O/c1-10(2)15(12-4-6-13(17)7-5-12)19-16(20)14-9-18-8-11(14)3/h4-7,10-11,14-15,18H,8-9H2,1-3H3,(H,19,20)/t11-,14-,15?/m1/s1.